The lowest BCUT2D eigenvalue weighted by Crippen LogP contribution is -2.41. The second-order valence-electron chi connectivity index (χ2n) is 4.75. The van der Waals surface area contributed by atoms with Crippen LogP contribution >= 0.6 is 0 Å². The van der Waals surface area contributed by atoms with Gasteiger partial charge in [0, 0.05) is 5.56 Å². The summed E-state index contributed by atoms with van der Waals surface area (Å²) in [6.45, 7) is 0. The maximum Gasteiger partial charge on any atom is 0.418 e. The van der Waals surface area contributed by atoms with E-state index in [1.54, 1.807) is 48.6 Å². The highest BCUT2D eigenvalue weighted by atomic mass is 19.1. The predicted octanol–water partition coefficient (Wildman–Crippen LogP) is 2.90. The van der Waals surface area contributed by atoms with Crippen LogP contribution in [0, 0.1) is 5.82 Å². The quantitative estimate of drug-likeness (QED) is 0.815. The summed E-state index contributed by atoms with van der Waals surface area (Å²) in [4.78, 5) is 11.8. The molecule has 23 heavy (non-hydrogen) atoms. The largest absolute Gasteiger partial charge is 0.418 e. The Bertz CT molecular complexity index is 772. The van der Waals surface area contributed by atoms with E-state index in [1.807, 2.05) is 6.07 Å². The van der Waals surface area contributed by atoms with E-state index in [-0.39, 0.29) is 5.82 Å². The third kappa shape index (κ3) is 3.88. The minimum atomic E-state index is -0.612. The van der Waals surface area contributed by atoms with Crippen LogP contribution in [0.5, 0.6) is 5.75 Å². The first-order valence-electron chi connectivity index (χ1n) is 6.94. The Balaban J connectivity index is 1.63. The van der Waals surface area contributed by atoms with Crippen LogP contribution in [0.2, 0.25) is 0 Å². The van der Waals surface area contributed by atoms with Crippen molar-refractivity contribution in [2.45, 2.75) is 0 Å². The molecular formula is C17H14FN3O2. The molecular weight excluding hydrogens is 297 g/mol. The predicted molar refractivity (Wildman–Crippen MR) is 84.3 cm³/mol. The standard InChI is InChI=1S/C17H14FN3O2/c18-13-6-4-5-12(11-13)15-9-10-16(21-20-15)19-17(22)23-14-7-2-1-3-8-14/h1-11,20-21H,(H,19,22). The van der Waals surface area contributed by atoms with Gasteiger partial charge in [-0.25, -0.2) is 9.18 Å². The van der Waals surface area contributed by atoms with Crippen molar-refractivity contribution in [1.82, 2.24) is 16.2 Å². The van der Waals surface area contributed by atoms with E-state index in [9.17, 15) is 9.18 Å². The van der Waals surface area contributed by atoms with Crippen LogP contribution in [0.1, 0.15) is 5.56 Å². The van der Waals surface area contributed by atoms with Crippen molar-refractivity contribution in [3.8, 4) is 5.75 Å². The van der Waals surface area contributed by atoms with Crippen LogP contribution in [0.3, 0.4) is 0 Å². The van der Waals surface area contributed by atoms with Crippen LogP contribution in [0.25, 0.3) is 5.70 Å². The molecule has 0 saturated carbocycles. The summed E-state index contributed by atoms with van der Waals surface area (Å²) >= 11 is 0. The van der Waals surface area contributed by atoms with Crippen LogP contribution in [0.15, 0.2) is 72.6 Å². The molecule has 2 aromatic rings. The molecule has 3 N–H and O–H groups in total. The molecule has 3 rings (SSSR count). The summed E-state index contributed by atoms with van der Waals surface area (Å²) in [6, 6.07) is 14.9. The number of nitrogens with one attached hydrogen (secondary N) is 3. The summed E-state index contributed by atoms with van der Waals surface area (Å²) in [5.74, 6) is 0.556. The molecule has 116 valence electrons. The SMILES string of the molecule is O=C(NC1=CC=C(c2cccc(F)c2)NN1)Oc1ccccc1. The lowest BCUT2D eigenvalue weighted by atomic mass is 10.1. The van der Waals surface area contributed by atoms with Gasteiger partial charge in [-0.05, 0) is 36.4 Å². The molecule has 1 amide bonds. The van der Waals surface area contributed by atoms with Gasteiger partial charge < -0.3 is 4.74 Å². The van der Waals surface area contributed by atoms with Crippen molar-refractivity contribution in [1.29, 1.82) is 0 Å². The van der Waals surface area contributed by atoms with Crippen molar-refractivity contribution >= 4 is 11.8 Å². The molecule has 0 radical (unpaired) electrons. The van der Waals surface area contributed by atoms with Gasteiger partial charge in [-0.3, -0.25) is 16.2 Å². The second-order valence-corrected chi connectivity index (χ2v) is 4.75. The maximum atomic E-state index is 13.2. The van der Waals surface area contributed by atoms with Crippen molar-refractivity contribution < 1.29 is 13.9 Å². The van der Waals surface area contributed by atoms with E-state index in [1.165, 1.54) is 12.1 Å². The smallest absolute Gasteiger partial charge is 0.410 e. The molecule has 0 saturated heterocycles. The van der Waals surface area contributed by atoms with Gasteiger partial charge in [-0.15, -0.1) is 0 Å². The molecule has 6 heteroatoms. The van der Waals surface area contributed by atoms with Gasteiger partial charge in [0.25, 0.3) is 0 Å². The summed E-state index contributed by atoms with van der Waals surface area (Å²) in [5, 5.41) is 2.56. The van der Waals surface area contributed by atoms with Gasteiger partial charge in [0.15, 0.2) is 0 Å². The fourth-order valence-electron chi connectivity index (χ4n) is 2.01. The Morgan fingerprint density at radius 1 is 1.00 bits per heavy atom. The zero-order chi connectivity index (χ0) is 16.1. The molecule has 0 atom stereocenters. The highest BCUT2D eigenvalue weighted by Crippen LogP contribution is 2.15. The van der Waals surface area contributed by atoms with Crippen molar-refractivity contribution in [2.75, 3.05) is 0 Å². The highest BCUT2D eigenvalue weighted by molar-refractivity contribution is 5.73. The number of hydrogen-bond acceptors (Lipinski definition) is 4. The Kier molecular flexibility index (Phi) is 4.24. The lowest BCUT2D eigenvalue weighted by Gasteiger charge is -2.20. The molecule has 0 bridgehead atoms. The number of rotatable bonds is 3. The van der Waals surface area contributed by atoms with Crippen LogP contribution in [0.4, 0.5) is 9.18 Å². The Hall–Kier alpha value is -3.28. The summed E-state index contributed by atoms with van der Waals surface area (Å²) < 4.78 is 18.3. The molecule has 2 aromatic carbocycles. The minimum absolute atomic E-state index is 0.315. The first kappa shape index (κ1) is 14.6. The molecule has 0 aliphatic carbocycles. The molecule has 0 spiro atoms. The Morgan fingerprint density at radius 2 is 1.83 bits per heavy atom. The zero-order valence-corrected chi connectivity index (χ0v) is 12.0. The first-order valence-corrected chi connectivity index (χ1v) is 6.94. The first-order chi connectivity index (χ1) is 11.2. The molecule has 0 fully saturated rings. The average Bonchev–Trinajstić information content (AvgIpc) is 2.56. The fourth-order valence-corrected chi connectivity index (χ4v) is 2.01. The van der Waals surface area contributed by atoms with Gasteiger partial charge in [0.2, 0.25) is 0 Å². The van der Waals surface area contributed by atoms with E-state index in [0.717, 1.165) is 0 Å². The number of hydrazine groups is 1. The van der Waals surface area contributed by atoms with Gasteiger partial charge in [-0.1, -0.05) is 30.3 Å². The van der Waals surface area contributed by atoms with Crippen molar-refractivity contribution in [2.24, 2.45) is 0 Å². The molecule has 1 aliphatic heterocycles. The summed E-state index contributed by atoms with van der Waals surface area (Å²) in [6.07, 6.45) is 2.77. The van der Waals surface area contributed by atoms with Crippen LogP contribution in [-0.4, -0.2) is 6.09 Å². The zero-order valence-electron chi connectivity index (χ0n) is 12.0. The van der Waals surface area contributed by atoms with E-state index in [2.05, 4.69) is 16.2 Å². The van der Waals surface area contributed by atoms with Gasteiger partial charge in [0.1, 0.15) is 17.4 Å². The summed E-state index contributed by atoms with van der Waals surface area (Å²) in [5.41, 5.74) is 7.08. The Labute approximate surface area is 132 Å². The number of carbonyl (C=O) groups excluding carboxylic acids is 1. The van der Waals surface area contributed by atoms with Crippen molar-refractivity contribution in [3.05, 3.63) is 84.0 Å². The number of para-hydroxylation sites is 1. The monoisotopic (exact) mass is 311 g/mol. The third-order valence-electron chi connectivity index (χ3n) is 3.07. The molecule has 1 aliphatic rings. The van der Waals surface area contributed by atoms with E-state index in [4.69, 9.17) is 4.74 Å². The lowest BCUT2D eigenvalue weighted by molar-refractivity contribution is 0.202. The number of benzene rings is 2. The van der Waals surface area contributed by atoms with Gasteiger partial charge in [0.05, 0.1) is 5.70 Å². The normalized spacial score (nSPS) is 13.1. The van der Waals surface area contributed by atoms with Crippen LogP contribution < -0.4 is 20.9 Å². The van der Waals surface area contributed by atoms with Gasteiger partial charge >= 0.3 is 6.09 Å². The third-order valence-corrected chi connectivity index (χ3v) is 3.07. The van der Waals surface area contributed by atoms with Crippen LogP contribution in [-0.2, 0) is 0 Å². The number of hydrogen-bond donors (Lipinski definition) is 3. The molecule has 1 heterocycles. The van der Waals surface area contributed by atoms with Crippen molar-refractivity contribution in [3.63, 3.8) is 0 Å². The van der Waals surface area contributed by atoms with E-state index >= 15 is 0 Å². The van der Waals surface area contributed by atoms with E-state index in [0.29, 0.717) is 22.8 Å². The minimum Gasteiger partial charge on any atom is -0.410 e. The Morgan fingerprint density at radius 3 is 2.52 bits per heavy atom. The fraction of sp³-hybridized carbons (Fsp3) is 0. The molecule has 0 aromatic heterocycles. The number of halogens is 1. The van der Waals surface area contributed by atoms with E-state index < -0.39 is 6.09 Å². The maximum absolute atomic E-state index is 13.2. The molecule has 0 unspecified atom stereocenters. The summed E-state index contributed by atoms with van der Waals surface area (Å²) in [7, 11) is 0. The number of allylic oxidation sites excluding steroid dienone is 2. The number of ether oxygens (including phenoxy) is 1. The molecule has 5 nitrogen and oxygen atoms in total. The average molecular weight is 311 g/mol. The highest BCUT2D eigenvalue weighted by Gasteiger charge is 2.11. The topological polar surface area (TPSA) is 62.4 Å². The number of amides is 1. The number of carbonyl (C=O) groups is 1. The van der Waals surface area contributed by atoms with Gasteiger partial charge in [-0.2, -0.15) is 0 Å². The second kappa shape index (κ2) is 6.65.